The van der Waals surface area contributed by atoms with Crippen LogP contribution in [0, 0.1) is 0 Å². The molecule has 0 radical (unpaired) electrons. The van der Waals surface area contributed by atoms with E-state index in [2.05, 4.69) is 0 Å². The fraction of sp³-hybridized carbons (Fsp3) is 0.700. The van der Waals surface area contributed by atoms with E-state index >= 15 is 0 Å². The number of amides is 2. The lowest BCUT2D eigenvalue weighted by Crippen LogP contribution is -2.43. The quantitative estimate of drug-likeness (QED) is 0.803. The maximum absolute atomic E-state index is 11.5. The Hall–Kier alpha value is -1.08. The van der Waals surface area contributed by atoms with Crippen LogP contribution in [0.1, 0.15) is 19.3 Å². The highest BCUT2D eigenvalue weighted by atomic mass is 32.2. The van der Waals surface area contributed by atoms with Crippen LogP contribution in [0.5, 0.6) is 0 Å². The van der Waals surface area contributed by atoms with Gasteiger partial charge in [-0.25, -0.2) is 4.79 Å². The van der Waals surface area contributed by atoms with Crippen LogP contribution in [0.15, 0.2) is 0 Å². The summed E-state index contributed by atoms with van der Waals surface area (Å²) in [7, 11) is 0. The molecule has 94 valence electrons. The van der Waals surface area contributed by atoms with E-state index in [0.29, 0.717) is 25.0 Å². The Morgan fingerprint density at radius 3 is 2.82 bits per heavy atom. The topological polar surface area (TPSA) is 83.9 Å². The lowest BCUT2D eigenvalue weighted by atomic mass is 10.2. The van der Waals surface area contributed by atoms with Crippen LogP contribution in [0.4, 0.5) is 4.79 Å². The van der Waals surface area contributed by atoms with Crippen molar-refractivity contribution in [2.24, 2.45) is 0 Å². The molecule has 2 heterocycles. The summed E-state index contributed by atoms with van der Waals surface area (Å²) in [5.74, 6) is -0.661. The number of carboxylic acid groups (broad SMARTS) is 1. The molecule has 2 fully saturated rings. The van der Waals surface area contributed by atoms with Crippen molar-refractivity contribution in [2.75, 3.05) is 12.3 Å². The molecule has 2 rings (SSSR count). The van der Waals surface area contributed by atoms with Crippen molar-refractivity contribution in [2.45, 2.75) is 31.5 Å². The first kappa shape index (κ1) is 12.4. The zero-order valence-corrected chi connectivity index (χ0v) is 9.94. The third-order valence-corrected chi connectivity index (χ3v) is 3.71. The Morgan fingerprint density at radius 1 is 1.47 bits per heavy atom. The summed E-state index contributed by atoms with van der Waals surface area (Å²) < 4.78 is 5.27. The molecule has 2 saturated heterocycles. The third kappa shape index (κ3) is 2.78. The summed E-state index contributed by atoms with van der Waals surface area (Å²) >= 11 is 1.11. The number of aliphatic carboxylic acids is 1. The Morgan fingerprint density at radius 2 is 2.24 bits per heavy atom. The molecule has 7 heteroatoms. The molecule has 0 bridgehead atoms. The minimum Gasteiger partial charge on any atom is -0.479 e. The first-order valence-corrected chi connectivity index (χ1v) is 6.42. The van der Waals surface area contributed by atoms with Gasteiger partial charge in [-0.05, 0) is 12.8 Å². The van der Waals surface area contributed by atoms with E-state index in [0.717, 1.165) is 11.8 Å². The van der Waals surface area contributed by atoms with Crippen molar-refractivity contribution in [3.63, 3.8) is 0 Å². The van der Waals surface area contributed by atoms with Gasteiger partial charge in [0.2, 0.25) is 5.91 Å². The van der Waals surface area contributed by atoms with Gasteiger partial charge in [-0.15, -0.1) is 0 Å². The Labute approximate surface area is 102 Å². The number of carboxylic acids is 1. The number of nitrogens with zero attached hydrogens (tertiary/aromatic N) is 1. The number of thioether (sulfide) groups is 1. The SMILES string of the molecule is O=C(O)C1CCC(CN2C(=O)CCSC2=O)O1. The number of rotatable bonds is 3. The zero-order valence-electron chi connectivity index (χ0n) is 9.13. The summed E-state index contributed by atoms with van der Waals surface area (Å²) in [5, 5.41) is 8.50. The molecule has 17 heavy (non-hydrogen) atoms. The number of hydrogen-bond donors (Lipinski definition) is 1. The van der Waals surface area contributed by atoms with Gasteiger partial charge in [0.1, 0.15) is 0 Å². The van der Waals surface area contributed by atoms with Crippen LogP contribution in [-0.2, 0) is 14.3 Å². The van der Waals surface area contributed by atoms with Gasteiger partial charge in [-0.1, -0.05) is 11.8 Å². The van der Waals surface area contributed by atoms with Gasteiger partial charge in [0, 0.05) is 12.2 Å². The average molecular weight is 259 g/mol. The molecule has 2 aliphatic rings. The monoisotopic (exact) mass is 259 g/mol. The van der Waals surface area contributed by atoms with Crippen molar-refractivity contribution >= 4 is 28.9 Å². The number of ether oxygens (including phenoxy) is 1. The average Bonchev–Trinajstić information content (AvgIpc) is 2.72. The number of hydrogen-bond acceptors (Lipinski definition) is 5. The van der Waals surface area contributed by atoms with E-state index in [4.69, 9.17) is 9.84 Å². The molecule has 2 atom stereocenters. The summed E-state index contributed by atoms with van der Waals surface area (Å²) in [6.07, 6.45) is 0.207. The molecule has 6 nitrogen and oxygen atoms in total. The van der Waals surface area contributed by atoms with Crippen LogP contribution in [0.2, 0.25) is 0 Å². The van der Waals surface area contributed by atoms with E-state index in [1.54, 1.807) is 0 Å². The van der Waals surface area contributed by atoms with Crippen LogP contribution in [-0.4, -0.2) is 51.6 Å². The first-order chi connectivity index (χ1) is 8.08. The molecule has 1 N–H and O–H groups in total. The Kier molecular flexibility index (Phi) is 3.68. The van der Waals surface area contributed by atoms with Crippen molar-refractivity contribution in [3.8, 4) is 0 Å². The number of carbonyl (C=O) groups excluding carboxylic acids is 2. The minimum atomic E-state index is -0.988. The van der Waals surface area contributed by atoms with Gasteiger partial charge in [0.15, 0.2) is 6.10 Å². The highest BCUT2D eigenvalue weighted by Crippen LogP contribution is 2.24. The molecule has 0 aromatic rings. The van der Waals surface area contributed by atoms with Gasteiger partial charge < -0.3 is 9.84 Å². The molecule has 2 amide bonds. The lowest BCUT2D eigenvalue weighted by molar-refractivity contribution is -0.149. The second kappa shape index (κ2) is 5.05. The predicted molar refractivity (Wildman–Crippen MR) is 59.7 cm³/mol. The highest BCUT2D eigenvalue weighted by molar-refractivity contribution is 8.13. The molecule has 2 unspecified atom stereocenters. The minimum absolute atomic E-state index is 0.175. The van der Waals surface area contributed by atoms with Gasteiger partial charge >= 0.3 is 5.97 Å². The second-order valence-corrected chi connectivity index (χ2v) is 5.08. The van der Waals surface area contributed by atoms with Crippen molar-refractivity contribution in [3.05, 3.63) is 0 Å². The molecular formula is C10H13NO5S. The fourth-order valence-corrected chi connectivity index (χ4v) is 2.73. The molecule has 2 aliphatic heterocycles. The third-order valence-electron chi connectivity index (χ3n) is 2.83. The van der Waals surface area contributed by atoms with Gasteiger partial charge in [-0.3, -0.25) is 14.5 Å². The lowest BCUT2D eigenvalue weighted by Gasteiger charge is -2.26. The van der Waals surface area contributed by atoms with Crippen LogP contribution >= 0.6 is 11.8 Å². The molecule has 0 spiro atoms. The Balaban J connectivity index is 1.91. The summed E-state index contributed by atoms with van der Waals surface area (Å²) in [4.78, 5) is 34.9. The molecular weight excluding hydrogens is 246 g/mol. The van der Waals surface area contributed by atoms with Crippen molar-refractivity contribution < 1.29 is 24.2 Å². The molecule has 0 aliphatic carbocycles. The standard InChI is InChI=1S/C10H13NO5S/c12-8-3-4-17-10(15)11(8)5-6-1-2-7(16-6)9(13)14/h6-7H,1-5H2,(H,13,14). The summed E-state index contributed by atoms with van der Waals surface area (Å²) in [6.45, 7) is 0.175. The van der Waals surface area contributed by atoms with Gasteiger partial charge in [-0.2, -0.15) is 0 Å². The molecule has 0 aromatic carbocycles. The van der Waals surface area contributed by atoms with Crippen LogP contribution < -0.4 is 0 Å². The van der Waals surface area contributed by atoms with Crippen molar-refractivity contribution in [1.82, 2.24) is 4.90 Å². The van der Waals surface area contributed by atoms with Crippen LogP contribution in [0.25, 0.3) is 0 Å². The largest absolute Gasteiger partial charge is 0.479 e. The number of carbonyl (C=O) groups is 3. The maximum Gasteiger partial charge on any atom is 0.332 e. The molecule has 0 aromatic heterocycles. The summed E-state index contributed by atoms with van der Waals surface area (Å²) in [5.41, 5.74) is 0. The first-order valence-electron chi connectivity index (χ1n) is 5.43. The van der Waals surface area contributed by atoms with Crippen LogP contribution in [0.3, 0.4) is 0 Å². The maximum atomic E-state index is 11.5. The van der Waals surface area contributed by atoms with E-state index in [-0.39, 0.29) is 23.8 Å². The molecule has 0 saturated carbocycles. The van der Waals surface area contributed by atoms with E-state index in [1.807, 2.05) is 0 Å². The highest BCUT2D eigenvalue weighted by Gasteiger charge is 2.35. The number of imide groups is 1. The smallest absolute Gasteiger partial charge is 0.332 e. The van der Waals surface area contributed by atoms with E-state index in [1.165, 1.54) is 4.90 Å². The summed E-state index contributed by atoms with van der Waals surface area (Å²) in [6, 6.07) is 0. The normalized spacial score (nSPS) is 29.8. The Bertz CT molecular complexity index is 343. The predicted octanol–water partition coefficient (Wildman–Crippen LogP) is 0.704. The van der Waals surface area contributed by atoms with Crippen molar-refractivity contribution in [1.29, 1.82) is 0 Å². The zero-order chi connectivity index (χ0) is 12.4. The van der Waals surface area contributed by atoms with Gasteiger partial charge in [0.25, 0.3) is 5.24 Å². The van der Waals surface area contributed by atoms with E-state index < -0.39 is 12.1 Å². The fourth-order valence-electron chi connectivity index (χ4n) is 1.94. The van der Waals surface area contributed by atoms with E-state index in [9.17, 15) is 14.4 Å². The second-order valence-electron chi connectivity index (χ2n) is 4.03. The van der Waals surface area contributed by atoms with Gasteiger partial charge in [0.05, 0.1) is 12.6 Å².